The third-order valence-corrected chi connectivity index (χ3v) is 4.84. The molecule has 3 rings (SSSR count). The van der Waals surface area contributed by atoms with E-state index >= 15 is 0 Å². The van der Waals surface area contributed by atoms with Crippen LogP contribution in [-0.2, 0) is 11.3 Å². The van der Waals surface area contributed by atoms with Gasteiger partial charge in [0, 0.05) is 5.56 Å². The lowest BCUT2D eigenvalue weighted by molar-refractivity contribution is -0.0532. The Hall–Kier alpha value is -2.50. The van der Waals surface area contributed by atoms with Crippen LogP contribution in [0.3, 0.4) is 0 Å². The molecular weight excluding hydrogens is 354 g/mol. The number of aliphatic hydroxyl groups is 1. The molecule has 1 unspecified atom stereocenters. The van der Waals surface area contributed by atoms with E-state index in [2.05, 4.69) is 29.7 Å². The Labute approximate surface area is 166 Å². The van der Waals surface area contributed by atoms with Crippen LogP contribution in [0, 0.1) is 0 Å². The Morgan fingerprint density at radius 1 is 1.04 bits per heavy atom. The largest absolute Gasteiger partial charge is 0.493 e. The molecule has 0 spiro atoms. The fourth-order valence-corrected chi connectivity index (χ4v) is 3.15. The molecule has 1 heterocycles. The molecule has 1 atom stereocenters. The number of rotatable bonds is 10. The fraction of sp³-hybridized carbons (Fsp3) is 0.391. The number of nitrogens with one attached hydrogen (secondary N) is 1. The van der Waals surface area contributed by atoms with Crippen molar-refractivity contribution in [1.29, 1.82) is 0 Å². The zero-order valence-corrected chi connectivity index (χ0v) is 16.6. The van der Waals surface area contributed by atoms with E-state index in [1.807, 2.05) is 37.3 Å². The molecule has 1 aliphatic rings. The number of ether oxygens (including phenoxy) is 2. The monoisotopic (exact) mass is 383 g/mol. The minimum Gasteiger partial charge on any atom is -0.493 e. The van der Waals surface area contributed by atoms with Crippen molar-refractivity contribution < 1.29 is 19.4 Å². The first kappa shape index (κ1) is 20.2. The van der Waals surface area contributed by atoms with E-state index in [-0.39, 0.29) is 6.61 Å². The van der Waals surface area contributed by atoms with Crippen LogP contribution in [-0.4, -0.2) is 31.0 Å². The minimum absolute atomic E-state index is 0.0913. The summed E-state index contributed by atoms with van der Waals surface area (Å²) in [4.78, 5) is 5.45. The Kier molecular flexibility index (Phi) is 6.95. The Bertz CT molecular complexity index is 790. The van der Waals surface area contributed by atoms with E-state index in [1.54, 1.807) is 7.11 Å². The van der Waals surface area contributed by atoms with Gasteiger partial charge in [0.2, 0.25) is 0 Å². The molecule has 5 heteroatoms. The van der Waals surface area contributed by atoms with Crippen molar-refractivity contribution in [3.8, 4) is 11.5 Å². The zero-order valence-electron chi connectivity index (χ0n) is 16.6. The van der Waals surface area contributed by atoms with Gasteiger partial charge in [0.05, 0.1) is 26.0 Å². The van der Waals surface area contributed by atoms with Gasteiger partial charge in [-0.15, -0.1) is 0 Å². The van der Waals surface area contributed by atoms with Gasteiger partial charge in [0.15, 0.2) is 11.5 Å². The van der Waals surface area contributed by atoms with Gasteiger partial charge in [0.25, 0.3) is 0 Å². The van der Waals surface area contributed by atoms with E-state index in [0.29, 0.717) is 18.1 Å². The molecule has 5 nitrogen and oxygen atoms in total. The molecule has 150 valence electrons. The predicted octanol–water partition coefficient (Wildman–Crippen LogP) is 4.11. The third kappa shape index (κ3) is 5.27. The first-order valence-electron chi connectivity index (χ1n) is 9.76. The van der Waals surface area contributed by atoms with Gasteiger partial charge >= 0.3 is 0 Å². The molecule has 0 aliphatic carbocycles. The van der Waals surface area contributed by atoms with Gasteiger partial charge in [-0.2, -0.15) is 0 Å². The maximum atomic E-state index is 9.43. The second-order valence-electron chi connectivity index (χ2n) is 7.24. The molecule has 0 amide bonds. The maximum Gasteiger partial charge on any atom is 0.161 e. The molecule has 2 aromatic carbocycles. The van der Waals surface area contributed by atoms with E-state index in [1.165, 1.54) is 5.56 Å². The maximum absolute atomic E-state index is 9.43. The fourth-order valence-electron chi connectivity index (χ4n) is 3.15. The summed E-state index contributed by atoms with van der Waals surface area (Å²) in [7, 11) is 1.64. The van der Waals surface area contributed by atoms with Crippen LogP contribution >= 0.6 is 0 Å². The number of benzene rings is 2. The van der Waals surface area contributed by atoms with Gasteiger partial charge in [-0.1, -0.05) is 30.3 Å². The summed E-state index contributed by atoms with van der Waals surface area (Å²) in [5.41, 5.74) is 5.29. The topological polar surface area (TPSA) is 60.0 Å². The van der Waals surface area contributed by atoms with Gasteiger partial charge in [-0.3, -0.25) is 10.3 Å². The number of aryl methyl sites for hydroxylation is 1. The summed E-state index contributed by atoms with van der Waals surface area (Å²) < 4.78 is 11.4. The van der Waals surface area contributed by atoms with Crippen molar-refractivity contribution in [2.24, 2.45) is 0 Å². The molecule has 0 fully saturated rings. The average Bonchev–Trinajstić information content (AvgIpc) is 3.14. The molecule has 0 bridgehead atoms. The molecule has 0 aromatic heterocycles. The minimum atomic E-state index is -0.713. The Morgan fingerprint density at radius 2 is 1.86 bits per heavy atom. The molecule has 2 aromatic rings. The van der Waals surface area contributed by atoms with Crippen LogP contribution in [0.25, 0.3) is 5.70 Å². The Balaban J connectivity index is 1.52. The number of unbranched alkanes of at least 4 members (excludes halogenated alkanes) is 2. The van der Waals surface area contributed by atoms with Crippen molar-refractivity contribution >= 4 is 5.70 Å². The summed E-state index contributed by atoms with van der Waals surface area (Å²) in [6, 6.07) is 16.3. The van der Waals surface area contributed by atoms with Crippen molar-refractivity contribution in [1.82, 2.24) is 5.48 Å². The number of methoxy groups -OCH3 is 1. The first-order chi connectivity index (χ1) is 13.6. The van der Waals surface area contributed by atoms with Gasteiger partial charge in [0.1, 0.15) is 5.60 Å². The normalized spacial score (nSPS) is 18.5. The van der Waals surface area contributed by atoms with E-state index < -0.39 is 5.60 Å². The quantitative estimate of drug-likeness (QED) is 0.605. The number of hydrogen-bond acceptors (Lipinski definition) is 5. The van der Waals surface area contributed by atoms with Crippen LogP contribution < -0.4 is 15.0 Å². The summed E-state index contributed by atoms with van der Waals surface area (Å²) in [6.45, 7) is 2.38. The van der Waals surface area contributed by atoms with Gasteiger partial charge in [-0.25, -0.2) is 0 Å². The number of hydroxylamine groups is 1. The molecule has 0 saturated carbocycles. The van der Waals surface area contributed by atoms with Gasteiger partial charge < -0.3 is 14.6 Å². The van der Waals surface area contributed by atoms with E-state index in [9.17, 15) is 5.11 Å². The Morgan fingerprint density at radius 3 is 2.57 bits per heavy atom. The number of hydrogen-bond donors (Lipinski definition) is 2. The zero-order chi connectivity index (χ0) is 19.8. The van der Waals surface area contributed by atoms with Gasteiger partial charge in [-0.05, 0) is 62.4 Å². The van der Waals surface area contributed by atoms with E-state index in [4.69, 9.17) is 14.3 Å². The highest BCUT2D eigenvalue weighted by Gasteiger charge is 2.29. The van der Waals surface area contributed by atoms with Crippen molar-refractivity contribution in [3.05, 3.63) is 65.7 Å². The summed E-state index contributed by atoms with van der Waals surface area (Å²) >= 11 is 0. The lowest BCUT2D eigenvalue weighted by atomic mass is 10.0. The first-order valence-corrected chi connectivity index (χ1v) is 9.76. The van der Waals surface area contributed by atoms with Crippen molar-refractivity contribution in [3.63, 3.8) is 0 Å². The highest BCUT2D eigenvalue weighted by Crippen LogP contribution is 2.33. The molecular formula is C23H29NO4. The molecule has 28 heavy (non-hydrogen) atoms. The van der Waals surface area contributed by atoms with Crippen molar-refractivity contribution in [2.45, 2.75) is 38.2 Å². The summed E-state index contributed by atoms with van der Waals surface area (Å²) in [6.07, 6.45) is 6.24. The average molecular weight is 383 g/mol. The standard InChI is InChI=1S/C23H29NO4/c1-23(17-25)16-20(24-28-23)19-12-13-21(26-2)22(15-19)27-14-8-4-7-11-18-9-5-3-6-10-18/h3,5-6,9-10,12-13,15-16,24-25H,4,7-8,11,14,17H2,1-2H3. The highest BCUT2D eigenvalue weighted by molar-refractivity contribution is 5.68. The molecule has 2 N–H and O–H groups in total. The third-order valence-electron chi connectivity index (χ3n) is 4.84. The van der Waals surface area contributed by atoms with E-state index in [0.717, 1.165) is 36.9 Å². The van der Waals surface area contributed by atoms with Crippen LogP contribution in [0.5, 0.6) is 11.5 Å². The lowest BCUT2D eigenvalue weighted by Gasteiger charge is -2.15. The number of aliphatic hydroxyl groups excluding tert-OH is 1. The summed E-state index contributed by atoms with van der Waals surface area (Å²) in [5.74, 6) is 1.42. The van der Waals surface area contributed by atoms with Crippen LogP contribution in [0.15, 0.2) is 54.6 Å². The highest BCUT2D eigenvalue weighted by atomic mass is 16.7. The van der Waals surface area contributed by atoms with Crippen LogP contribution in [0.2, 0.25) is 0 Å². The van der Waals surface area contributed by atoms with Crippen LogP contribution in [0.1, 0.15) is 37.3 Å². The molecule has 0 radical (unpaired) electrons. The predicted molar refractivity (Wildman–Crippen MR) is 110 cm³/mol. The second kappa shape index (κ2) is 9.62. The SMILES string of the molecule is COc1ccc(C2=CC(C)(CO)ON2)cc1OCCCCCc1ccccc1. The lowest BCUT2D eigenvalue weighted by Crippen LogP contribution is -2.29. The van der Waals surface area contributed by atoms with Crippen molar-refractivity contribution in [2.75, 3.05) is 20.3 Å². The summed E-state index contributed by atoms with van der Waals surface area (Å²) in [5, 5.41) is 9.43. The second-order valence-corrected chi connectivity index (χ2v) is 7.24. The smallest absolute Gasteiger partial charge is 0.161 e. The molecule has 1 aliphatic heterocycles. The van der Waals surface area contributed by atoms with Crippen LogP contribution in [0.4, 0.5) is 0 Å². The molecule has 0 saturated heterocycles.